The molecule has 0 saturated heterocycles. The van der Waals surface area contributed by atoms with Crippen molar-refractivity contribution in [3.63, 3.8) is 0 Å². The van der Waals surface area contributed by atoms with Crippen LogP contribution in [-0.2, 0) is 0 Å². The molecule has 6 N–H and O–H groups in total. The number of ether oxygens (including phenoxy) is 2. The van der Waals surface area contributed by atoms with Gasteiger partial charge in [0, 0.05) is 22.7 Å². The lowest BCUT2D eigenvalue weighted by molar-refractivity contribution is 0.101. The van der Waals surface area contributed by atoms with Gasteiger partial charge < -0.3 is 31.6 Å². The maximum atomic E-state index is 12.8. The molecule has 192 valence electrons. The van der Waals surface area contributed by atoms with Gasteiger partial charge in [-0.25, -0.2) is 0 Å². The molecule has 0 saturated carbocycles. The molecule has 0 heterocycles. The summed E-state index contributed by atoms with van der Waals surface area (Å²) in [6.45, 7) is 4.25. The number of rotatable bonds is 10. The highest BCUT2D eigenvalue weighted by molar-refractivity contribution is 6.06. The Morgan fingerprint density at radius 3 is 1.37 bits per heavy atom. The first-order valence-corrected chi connectivity index (χ1v) is 11.8. The van der Waals surface area contributed by atoms with Gasteiger partial charge >= 0.3 is 0 Å². The number of hydrogen-bond acceptors (Lipinski definition) is 6. The minimum atomic E-state index is -0.312. The normalized spacial score (nSPS) is 10.3. The fourth-order valence-corrected chi connectivity index (χ4v) is 3.49. The Hall–Kier alpha value is -5.24. The van der Waals surface area contributed by atoms with Crippen molar-refractivity contribution in [3.05, 3.63) is 120 Å². The molecule has 0 unspecified atom stereocenters. The molecule has 0 aromatic heterocycles. The molecule has 4 aromatic rings. The zero-order valence-corrected chi connectivity index (χ0v) is 20.6. The number of anilines is 4. The van der Waals surface area contributed by atoms with Crippen LogP contribution in [0.25, 0.3) is 0 Å². The molecule has 0 aliphatic carbocycles. The number of hydrogen-bond donors (Lipinski definition) is 4. The van der Waals surface area contributed by atoms with Crippen LogP contribution in [0.4, 0.5) is 22.7 Å². The third-order valence-electron chi connectivity index (χ3n) is 5.46. The first-order chi connectivity index (χ1) is 18.4. The monoisotopic (exact) mass is 508 g/mol. The smallest absolute Gasteiger partial charge is 0.259 e. The van der Waals surface area contributed by atoms with Crippen LogP contribution in [0.15, 0.2) is 109 Å². The molecule has 38 heavy (non-hydrogen) atoms. The van der Waals surface area contributed by atoms with Gasteiger partial charge in [0.05, 0.1) is 11.1 Å². The van der Waals surface area contributed by atoms with Crippen molar-refractivity contribution >= 4 is 34.6 Å². The van der Waals surface area contributed by atoms with Gasteiger partial charge in [-0.2, -0.15) is 0 Å². The topological polar surface area (TPSA) is 129 Å². The van der Waals surface area contributed by atoms with E-state index in [2.05, 4.69) is 17.2 Å². The number of carbonyl (C=O) groups excluding carboxylic acids is 2. The van der Waals surface area contributed by atoms with Crippen molar-refractivity contribution in [1.82, 2.24) is 0 Å². The highest BCUT2D eigenvalue weighted by atomic mass is 16.5. The molecule has 0 bridgehead atoms. The molecule has 8 nitrogen and oxygen atoms in total. The Morgan fingerprint density at radius 1 is 0.605 bits per heavy atom. The van der Waals surface area contributed by atoms with Crippen LogP contribution in [-0.4, -0.2) is 25.0 Å². The van der Waals surface area contributed by atoms with E-state index in [4.69, 9.17) is 20.9 Å². The van der Waals surface area contributed by atoms with Crippen LogP contribution in [0.2, 0.25) is 0 Å². The number of benzene rings is 4. The van der Waals surface area contributed by atoms with E-state index in [1.807, 2.05) is 0 Å². The summed E-state index contributed by atoms with van der Waals surface area (Å²) >= 11 is 0. The van der Waals surface area contributed by atoms with E-state index in [0.717, 1.165) is 0 Å². The first-order valence-electron chi connectivity index (χ1n) is 11.8. The highest BCUT2D eigenvalue weighted by Gasteiger charge is 2.15. The molecular weight excluding hydrogens is 480 g/mol. The summed E-state index contributed by atoms with van der Waals surface area (Å²) in [7, 11) is 0. The van der Waals surface area contributed by atoms with Crippen molar-refractivity contribution in [3.8, 4) is 11.5 Å². The van der Waals surface area contributed by atoms with Gasteiger partial charge in [0.15, 0.2) is 0 Å². The summed E-state index contributed by atoms with van der Waals surface area (Å²) in [6.07, 6.45) is 0. The van der Waals surface area contributed by atoms with Crippen molar-refractivity contribution in [2.24, 2.45) is 0 Å². The lowest BCUT2D eigenvalue weighted by atomic mass is 10.1. The maximum absolute atomic E-state index is 12.8. The molecule has 4 aromatic carbocycles. The zero-order valence-electron chi connectivity index (χ0n) is 20.6. The van der Waals surface area contributed by atoms with E-state index in [1.54, 1.807) is 97.1 Å². The van der Waals surface area contributed by atoms with E-state index >= 15 is 0 Å². The maximum Gasteiger partial charge on any atom is 0.259 e. The molecule has 8 heteroatoms. The Morgan fingerprint density at radius 2 is 0.974 bits per heavy atom. The Bertz CT molecular complexity index is 1320. The van der Waals surface area contributed by atoms with Gasteiger partial charge in [-0.3, -0.25) is 9.59 Å². The molecule has 0 spiro atoms. The summed E-state index contributed by atoms with van der Waals surface area (Å²) < 4.78 is 11.8. The van der Waals surface area contributed by atoms with Gasteiger partial charge in [-0.05, 0) is 78.4 Å². The van der Waals surface area contributed by atoms with E-state index in [9.17, 15) is 9.59 Å². The SMILES string of the molecule is C=C(COc1ccccc1C(=O)Nc1ccc(N)cc1)COc1ccccc1C(=O)Nc1ccc(N)cc1. The average Bonchev–Trinajstić information content (AvgIpc) is 2.93. The van der Waals surface area contributed by atoms with Gasteiger partial charge in [-0.1, -0.05) is 30.8 Å². The Labute approximate surface area is 220 Å². The summed E-state index contributed by atoms with van der Waals surface area (Å²) in [4.78, 5) is 25.6. The van der Waals surface area contributed by atoms with Crippen LogP contribution in [0, 0.1) is 0 Å². The minimum Gasteiger partial charge on any atom is -0.488 e. The van der Waals surface area contributed by atoms with E-state index in [0.29, 0.717) is 50.9 Å². The molecule has 0 aliphatic heterocycles. The third kappa shape index (κ3) is 6.92. The van der Waals surface area contributed by atoms with Gasteiger partial charge in [0.2, 0.25) is 0 Å². The van der Waals surface area contributed by atoms with Crippen molar-refractivity contribution in [2.75, 3.05) is 35.3 Å². The highest BCUT2D eigenvalue weighted by Crippen LogP contribution is 2.23. The quantitative estimate of drug-likeness (QED) is 0.168. The van der Waals surface area contributed by atoms with Gasteiger partial charge in [0.1, 0.15) is 24.7 Å². The second-order valence-corrected chi connectivity index (χ2v) is 8.47. The standard InChI is InChI=1S/C30H28N4O4/c1-20(18-37-27-8-4-2-6-25(27)29(35)33-23-14-10-21(31)11-15-23)19-38-28-9-5-3-7-26(28)30(36)34-24-16-12-22(32)13-17-24/h2-17H,1,18-19,31-32H2,(H,33,35)(H,34,36). The predicted octanol–water partition coefficient (Wildman–Crippen LogP) is 5.37. The number of nitrogen functional groups attached to an aromatic ring is 2. The summed E-state index contributed by atoms with van der Waals surface area (Å²) in [5, 5.41) is 5.66. The Kier molecular flexibility index (Phi) is 8.25. The van der Waals surface area contributed by atoms with Crippen molar-refractivity contribution < 1.29 is 19.1 Å². The molecule has 0 atom stereocenters. The first kappa shape index (κ1) is 25.8. The fourth-order valence-electron chi connectivity index (χ4n) is 3.49. The third-order valence-corrected chi connectivity index (χ3v) is 5.46. The van der Waals surface area contributed by atoms with E-state index in [1.165, 1.54) is 0 Å². The van der Waals surface area contributed by atoms with Crippen LogP contribution >= 0.6 is 0 Å². The number of para-hydroxylation sites is 2. The van der Waals surface area contributed by atoms with Crippen LogP contribution in [0.3, 0.4) is 0 Å². The van der Waals surface area contributed by atoms with Crippen LogP contribution < -0.4 is 31.6 Å². The predicted molar refractivity (Wildman–Crippen MR) is 151 cm³/mol. The van der Waals surface area contributed by atoms with Crippen LogP contribution in [0.1, 0.15) is 20.7 Å². The largest absolute Gasteiger partial charge is 0.488 e. The molecule has 2 amide bonds. The summed E-state index contributed by atoms with van der Waals surface area (Å²) in [5.74, 6) is 0.191. The van der Waals surface area contributed by atoms with Crippen LogP contribution in [0.5, 0.6) is 11.5 Å². The molecule has 0 radical (unpaired) electrons. The Balaban J connectivity index is 1.34. The van der Waals surface area contributed by atoms with Gasteiger partial charge in [-0.15, -0.1) is 0 Å². The van der Waals surface area contributed by atoms with Crippen molar-refractivity contribution in [1.29, 1.82) is 0 Å². The summed E-state index contributed by atoms with van der Waals surface area (Å²) in [6, 6.07) is 27.6. The second-order valence-electron chi connectivity index (χ2n) is 8.47. The van der Waals surface area contributed by atoms with E-state index < -0.39 is 0 Å². The fraction of sp³-hybridized carbons (Fsp3) is 0.0667. The van der Waals surface area contributed by atoms with E-state index in [-0.39, 0.29) is 25.0 Å². The number of nitrogens with one attached hydrogen (secondary N) is 2. The lowest BCUT2D eigenvalue weighted by Gasteiger charge is -2.15. The molecule has 0 fully saturated rings. The van der Waals surface area contributed by atoms with Crippen molar-refractivity contribution in [2.45, 2.75) is 0 Å². The molecule has 4 rings (SSSR count). The zero-order chi connectivity index (χ0) is 26.9. The van der Waals surface area contributed by atoms with Gasteiger partial charge in [0.25, 0.3) is 11.8 Å². The molecular formula is C30H28N4O4. The number of amides is 2. The number of nitrogens with two attached hydrogens (primary N) is 2. The summed E-state index contributed by atoms with van der Waals surface area (Å²) in [5.41, 5.74) is 15.2. The minimum absolute atomic E-state index is 0.117. The molecule has 0 aliphatic rings. The lowest BCUT2D eigenvalue weighted by Crippen LogP contribution is -2.16. The second kappa shape index (κ2) is 12.1. The number of carbonyl (C=O) groups is 2. The average molecular weight is 509 g/mol.